The molecule has 0 amide bonds. The highest BCUT2D eigenvalue weighted by molar-refractivity contribution is 5.88. The minimum Gasteiger partial charge on any atom is -0.462 e. The van der Waals surface area contributed by atoms with Gasteiger partial charge in [0.05, 0.1) is 6.61 Å². The van der Waals surface area contributed by atoms with Gasteiger partial charge in [0.1, 0.15) is 35.9 Å². The molecule has 1 aliphatic heterocycles. The summed E-state index contributed by atoms with van der Waals surface area (Å²) in [4.78, 5) is 16.7. The van der Waals surface area contributed by atoms with E-state index in [1.54, 1.807) is 0 Å². The number of H-pyrrole nitrogens is 1. The fraction of sp³-hybridized carbons (Fsp3) is 0.700. The Kier molecular flexibility index (Phi) is 6.06. The second kappa shape index (κ2) is 8.77. The molecule has 38 heavy (non-hydrogen) atoms. The fourth-order valence-corrected chi connectivity index (χ4v) is 8.87. The van der Waals surface area contributed by atoms with Crippen LogP contribution in [-0.2, 0) is 26.1 Å². The van der Waals surface area contributed by atoms with Gasteiger partial charge in [-0.25, -0.2) is 0 Å². The molecule has 0 spiro atoms. The number of hydrogen-bond donors (Lipinski definition) is 4. The number of methoxy groups -OCH3 is 1. The summed E-state index contributed by atoms with van der Waals surface area (Å²) < 4.78 is 16.9. The Bertz CT molecular complexity index is 1250. The van der Waals surface area contributed by atoms with Crippen molar-refractivity contribution in [1.82, 2.24) is 4.98 Å². The lowest BCUT2D eigenvalue weighted by molar-refractivity contribution is -0.281. The van der Waals surface area contributed by atoms with E-state index in [9.17, 15) is 20.1 Å². The third kappa shape index (κ3) is 3.37. The van der Waals surface area contributed by atoms with Crippen LogP contribution in [-0.4, -0.2) is 70.5 Å². The molecule has 1 aromatic heterocycles. The van der Waals surface area contributed by atoms with Crippen molar-refractivity contribution in [3.8, 4) is 5.75 Å². The van der Waals surface area contributed by atoms with Gasteiger partial charge in [0.15, 0.2) is 0 Å². The van der Waals surface area contributed by atoms with Crippen LogP contribution < -0.4 is 4.74 Å². The number of Topliss-reactive ketones (excluding diaryl/α,β-unsaturated/α-hetero) is 1. The number of benzene rings is 1. The zero-order valence-electron chi connectivity index (χ0n) is 23.0. The van der Waals surface area contributed by atoms with Crippen molar-refractivity contribution in [2.45, 2.75) is 95.9 Å². The second-order valence-electron chi connectivity index (χ2n) is 13.0. The summed E-state index contributed by atoms with van der Waals surface area (Å²) >= 11 is 0. The first-order valence-corrected chi connectivity index (χ1v) is 14.0. The van der Waals surface area contributed by atoms with E-state index in [-0.39, 0.29) is 22.9 Å². The van der Waals surface area contributed by atoms with Crippen LogP contribution in [0.4, 0.5) is 0 Å². The number of rotatable bonds is 4. The first-order valence-electron chi connectivity index (χ1n) is 14.0. The molecule has 1 saturated heterocycles. The van der Waals surface area contributed by atoms with E-state index in [4.69, 9.17) is 14.2 Å². The maximum atomic E-state index is 12.9. The summed E-state index contributed by atoms with van der Waals surface area (Å²) in [6.45, 7) is 8.78. The summed E-state index contributed by atoms with van der Waals surface area (Å²) in [5.41, 5.74) is 3.27. The number of fused-ring (bicyclic) bond motifs is 7. The number of hydrogen-bond acceptors (Lipinski definition) is 7. The molecule has 9 atom stereocenters. The normalized spacial score (nSPS) is 42.0. The Hall–Kier alpha value is -1.97. The van der Waals surface area contributed by atoms with E-state index < -0.39 is 30.7 Å². The Morgan fingerprint density at radius 2 is 1.89 bits per heavy atom. The number of ketones is 1. The zero-order valence-corrected chi connectivity index (χ0v) is 23.0. The van der Waals surface area contributed by atoms with Crippen molar-refractivity contribution >= 4 is 16.7 Å². The zero-order chi connectivity index (χ0) is 27.2. The number of carbonyl (C=O) groups is 1. The van der Waals surface area contributed by atoms with Crippen molar-refractivity contribution in [2.75, 3.05) is 13.7 Å². The molecule has 2 heterocycles. The Labute approximate surface area is 223 Å². The maximum Gasteiger partial charge on any atom is 0.229 e. The smallest absolute Gasteiger partial charge is 0.229 e. The largest absolute Gasteiger partial charge is 0.462 e. The summed E-state index contributed by atoms with van der Waals surface area (Å²) in [7, 11) is 1.40. The minimum absolute atomic E-state index is 0.0200. The number of ether oxygens (including phenoxy) is 3. The summed E-state index contributed by atoms with van der Waals surface area (Å²) in [5, 5.41) is 31.9. The number of aromatic nitrogens is 1. The first kappa shape index (κ1) is 26.3. The Morgan fingerprint density at radius 3 is 2.61 bits per heavy atom. The average Bonchev–Trinajstić information content (AvgIpc) is 3.39. The molecule has 2 aromatic rings. The molecule has 6 rings (SSSR count). The molecule has 4 aliphatic rings. The van der Waals surface area contributed by atoms with E-state index in [0.717, 1.165) is 31.2 Å². The highest BCUT2D eigenvalue weighted by Crippen LogP contribution is 2.68. The molecule has 0 bridgehead atoms. The van der Waals surface area contributed by atoms with Gasteiger partial charge in [-0.1, -0.05) is 27.7 Å². The predicted molar refractivity (Wildman–Crippen MR) is 141 cm³/mol. The number of carbonyl (C=O) groups excluding carboxylic acids is 1. The van der Waals surface area contributed by atoms with Crippen LogP contribution in [0.15, 0.2) is 18.2 Å². The van der Waals surface area contributed by atoms with E-state index >= 15 is 0 Å². The van der Waals surface area contributed by atoms with Gasteiger partial charge in [-0.05, 0) is 60.6 Å². The lowest BCUT2D eigenvalue weighted by Crippen LogP contribution is -2.60. The van der Waals surface area contributed by atoms with Crippen LogP contribution in [0.3, 0.4) is 0 Å². The van der Waals surface area contributed by atoms with E-state index in [1.165, 1.54) is 23.8 Å². The maximum absolute atomic E-state index is 12.9. The van der Waals surface area contributed by atoms with E-state index in [0.29, 0.717) is 29.8 Å². The van der Waals surface area contributed by atoms with Crippen molar-refractivity contribution in [1.29, 1.82) is 0 Å². The summed E-state index contributed by atoms with van der Waals surface area (Å²) in [6, 6.07) is 5.84. The highest BCUT2D eigenvalue weighted by Gasteiger charge is 2.65. The summed E-state index contributed by atoms with van der Waals surface area (Å²) in [6.07, 6.45) is -0.570. The number of aliphatic hydroxyl groups excluding tert-OH is 3. The first-order chi connectivity index (χ1) is 18.0. The molecule has 208 valence electrons. The Balaban J connectivity index is 1.33. The number of aromatic amines is 1. The van der Waals surface area contributed by atoms with Gasteiger partial charge in [-0.2, -0.15) is 0 Å². The van der Waals surface area contributed by atoms with Crippen LogP contribution in [0.1, 0.15) is 64.6 Å². The van der Waals surface area contributed by atoms with Crippen LogP contribution in [0.5, 0.6) is 5.75 Å². The monoisotopic (exact) mass is 527 g/mol. The summed E-state index contributed by atoms with van der Waals surface area (Å²) in [5.74, 6) is 1.79. The molecular formula is C30H41NO7. The van der Waals surface area contributed by atoms with Crippen LogP contribution in [0.2, 0.25) is 0 Å². The third-order valence-corrected chi connectivity index (χ3v) is 11.2. The fourth-order valence-electron chi connectivity index (χ4n) is 8.87. The standard InChI is InChI=1S/C30H41NO7/c1-28(2)21-9-6-15-12-18-17-8-7-16(37-27-24(35)23(34)25(36-5)20(14-32)38-27)13-19(17)31-26(18)30(15,4)29(21,3)11-10-22(28)33/h7-8,13,15,20-21,23-25,27,31-32,34-35H,6,9-12,14H2,1-5H3/t15?,20-,21?,23-,24-,25-,27+,29?,30?/m1/s1. The van der Waals surface area contributed by atoms with Gasteiger partial charge in [0, 0.05) is 47.0 Å². The van der Waals surface area contributed by atoms with Crippen molar-refractivity contribution in [2.24, 2.45) is 22.7 Å². The Morgan fingerprint density at radius 1 is 1.13 bits per heavy atom. The van der Waals surface area contributed by atoms with E-state index in [2.05, 4.69) is 38.7 Å². The molecule has 8 nitrogen and oxygen atoms in total. The SMILES string of the molecule is CO[C@H]1[C@H](O)[C@@H](O)[C@@H](Oc2ccc3c4c([nH]c3c2)C2(C)C(CCC3C(C)(C)C(=O)CCC32C)C4)O[C@@H]1CO. The lowest BCUT2D eigenvalue weighted by Gasteiger charge is -2.62. The van der Waals surface area contributed by atoms with Crippen LogP contribution >= 0.6 is 0 Å². The van der Waals surface area contributed by atoms with Gasteiger partial charge in [-0.3, -0.25) is 4.79 Å². The van der Waals surface area contributed by atoms with Crippen LogP contribution in [0, 0.1) is 22.7 Å². The molecular weight excluding hydrogens is 486 g/mol. The van der Waals surface area contributed by atoms with Gasteiger partial charge in [0.25, 0.3) is 0 Å². The van der Waals surface area contributed by atoms with Crippen molar-refractivity contribution < 1.29 is 34.3 Å². The lowest BCUT2D eigenvalue weighted by atomic mass is 9.41. The van der Waals surface area contributed by atoms with Gasteiger partial charge in [-0.15, -0.1) is 0 Å². The topological polar surface area (TPSA) is 121 Å². The second-order valence-corrected chi connectivity index (χ2v) is 13.0. The van der Waals surface area contributed by atoms with Crippen LogP contribution in [0.25, 0.3) is 10.9 Å². The molecule has 0 radical (unpaired) electrons. The molecule has 1 aromatic carbocycles. The molecule has 4 N–H and O–H groups in total. The minimum atomic E-state index is -1.33. The van der Waals surface area contributed by atoms with Crippen molar-refractivity contribution in [3.05, 3.63) is 29.5 Å². The van der Waals surface area contributed by atoms with Gasteiger partial charge in [0.2, 0.25) is 6.29 Å². The van der Waals surface area contributed by atoms with E-state index in [1.807, 2.05) is 12.1 Å². The molecule has 2 saturated carbocycles. The predicted octanol–water partition coefficient (Wildman–Crippen LogP) is 3.24. The quantitative estimate of drug-likeness (QED) is 0.482. The molecule has 8 heteroatoms. The highest BCUT2D eigenvalue weighted by atomic mass is 16.7. The van der Waals surface area contributed by atoms with Gasteiger partial charge < -0.3 is 34.5 Å². The van der Waals surface area contributed by atoms with Gasteiger partial charge >= 0.3 is 0 Å². The van der Waals surface area contributed by atoms with Crippen molar-refractivity contribution in [3.63, 3.8) is 0 Å². The average molecular weight is 528 g/mol. The molecule has 3 aliphatic carbocycles. The third-order valence-electron chi connectivity index (χ3n) is 11.2. The molecule has 4 unspecified atom stereocenters. The number of nitrogens with one attached hydrogen (secondary N) is 1. The molecule has 3 fully saturated rings. The number of aliphatic hydroxyl groups is 3.